The molecule has 0 aliphatic carbocycles. The Kier molecular flexibility index (Phi) is 4.73. The predicted octanol–water partition coefficient (Wildman–Crippen LogP) is 2.92. The van der Waals surface area contributed by atoms with E-state index in [-0.39, 0.29) is 5.69 Å². The van der Waals surface area contributed by atoms with Crippen molar-refractivity contribution >= 4 is 16.6 Å². The van der Waals surface area contributed by atoms with Crippen molar-refractivity contribution in [1.82, 2.24) is 13.7 Å². The minimum Gasteiger partial charge on any atom is -0.497 e. The zero-order valence-electron chi connectivity index (χ0n) is 17.4. The first-order chi connectivity index (χ1) is 14.7. The minimum atomic E-state index is -0.474. The molecule has 0 radical (unpaired) electrons. The zero-order valence-corrected chi connectivity index (χ0v) is 17.4. The lowest BCUT2D eigenvalue weighted by Gasteiger charge is -2.12. The molecule has 0 aliphatic heterocycles. The number of hydrogen-bond acceptors (Lipinski definition) is 5. The van der Waals surface area contributed by atoms with Crippen LogP contribution in [-0.2, 0) is 14.1 Å². The lowest BCUT2D eigenvalue weighted by Crippen LogP contribution is -2.36. The highest BCUT2D eigenvalue weighted by Gasteiger charge is 2.22. The molecule has 31 heavy (non-hydrogen) atoms. The number of methoxy groups -OCH3 is 1. The van der Waals surface area contributed by atoms with E-state index in [4.69, 9.17) is 4.74 Å². The first-order valence-electron chi connectivity index (χ1n) is 9.45. The van der Waals surface area contributed by atoms with Crippen molar-refractivity contribution in [3.05, 3.63) is 85.2 Å². The Morgan fingerprint density at radius 3 is 2.45 bits per heavy atom. The van der Waals surface area contributed by atoms with Gasteiger partial charge in [-0.3, -0.25) is 24.0 Å². The Labute approximate surface area is 176 Å². The summed E-state index contributed by atoms with van der Waals surface area (Å²) >= 11 is 0. The number of fused-ring (bicyclic) bond motifs is 1. The molecule has 0 fully saturated rings. The Hall–Kier alpha value is -4.14. The third-order valence-electron chi connectivity index (χ3n) is 5.45. The van der Waals surface area contributed by atoms with Crippen LogP contribution in [0.2, 0.25) is 0 Å². The van der Waals surface area contributed by atoms with Crippen molar-refractivity contribution in [3.63, 3.8) is 0 Å². The Morgan fingerprint density at radius 1 is 1.03 bits per heavy atom. The van der Waals surface area contributed by atoms with Gasteiger partial charge in [0.25, 0.3) is 11.2 Å². The average molecular weight is 420 g/mol. The van der Waals surface area contributed by atoms with E-state index in [1.807, 2.05) is 6.07 Å². The summed E-state index contributed by atoms with van der Waals surface area (Å²) in [6, 6.07) is 12.0. The summed E-state index contributed by atoms with van der Waals surface area (Å²) in [5, 5.41) is 11.8. The van der Waals surface area contributed by atoms with Gasteiger partial charge < -0.3 is 9.30 Å². The highest BCUT2D eigenvalue weighted by molar-refractivity contribution is 5.95. The van der Waals surface area contributed by atoms with Gasteiger partial charge in [-0.05, 0) is 19.1 Å². The molecule has 0 N–H and O–H groups in total. The molecule has 0 spiro atoms. The summed E-state index contributed by atoms with van der Waals surface area (Å²) in [6.07, 6.45) is 1.69. The lowest BCUT2D eigenvalue weighted by atomic mass is 10.1. The van der Waals surface area contributed by atoms with Crippen LogP contribution in [0.1, 0.15) is 5.56 Å². The molecule has 4 aromatic rings. The second kappa shape index (κ2) is 7.28. The third kappa shape index (κ3) is 3.10. The van der Waals surface area contributed by atoms with Gasteiger partial charge in [0.2, 0.25) is 0 Å². The van der Waals surface area contributed by atoms with E-state index < -0.39 is 16.2 Å². The molecule has 0 saturated carbocycles. The van der Waals surface area contributed by atoms with Crippen LogP contribution < -0.4 is 16.0 Å². The number of nitro groups is 1. The van der Waals surface area contributed by atoms with Crippen LogP contribution in [0.15, 0.2) is 58.3 Å². The number of rotatable bonds is 4. The molecule has 2 heterocycles. The summed E-state index contributed by atoms with van der Waals surface area (Å²) in [6.45, 7) is 1.66. The molecule has 158 valence electrons. The standard InChI is InChI=1S/C22H20N4O5/c1-13-8-9-14(10-17(13)26(29)30)20-19-18(23(2)22(28)24(3)21(19)27)12-25(20)15-6-5-7-16(11-15)31-4/h5-12H,1-4H3. The summed E-state index contributed by atoms with van der Waals surface area (Å²) in [5.41, 5.74) is 1.59. The maximum Gasteiger partial charge on any atom is 0.330 e. The van der Waals surface area contributed by atoms with E-state index in [9.17, 15) is 19.7 Å². The number of aryl methyl sites for hydroxylation is 2. The lowest BCUT2D eigenvalue weighted by molar-refractivity contribution is -0.385. The van der Waals surface area contributed by atoms with Gasteiger partial charge in [-0.1, -0.05) is 18.2 Å². The molecular weight excluding hydrogens is 400 g/mol. The number of nitro benzene ring substituents is 1. The van der Waals surface area contributed by atoms with Gasteiger partial charge in [-0.15, -0.1) is 0 Å². The van der Waals surface area contributed by atoms with Gasteiger partial charge in [-0.25, -0.2) is 4.79 Å². The first kappa shape index (κ1) is 20.1. The fourth-order valence-corrected chi connectivity index (χ4v) is 3.74. The number of aromatic nitrogens is 3. The smallest absolute Gasteiger partial charge is 0.330 e. The Morgan fingerprint density at radius 2 is 1.77 bits per heavy atom. The van der Waals surface area contributed by atoms with E-state index in [2.05, 4.69) is 0 Å². The van der Waals surface area contributed by atoms with Gasteiger partial charge in [0.1, 0.15) is 5.75 Å². The van der Waals surface area contributed by atoms with Crippen LogP contribution in [0.25, 0.3) is 27.8 Å². The topological polar surface area (TPSA) is 101 Å². The fraction of sp³-hybridized carbons (Fsp3) is 0.182. The van der Waals surface area contributed by atoms with Crippen molar-refractivity contribution in [2.75, 3.05) is 7.11 Å². The number of hydrogen-bond donors (Lipinski definition) is 0. The van der Waals surface area contributed by atoms with Crippen LogP contribution in [0.3, 0.4) is 0 Å². The van der Waals surface area contributed by atoms with Gasteiger partial charge in [0.05, 0.1) is 28.6 Å². The van der Waals surface area contributed by atoms with Crippen molar-refractivity contribution < 1.29 is 9.66 Å². The molecule has 0 unspecified atom stereocenters. The Bertz CT molecular complexity index is 1480. The van der Waals surface area contributed by atoms with Crippen LogP contribution in [0.4, 0.5) is 5.69 Å². The van der Waals surface area contributed by atoms with Crippen molar-refractivity contribution in [2.45, 2.75) is 6.92 Å². The molecule has 0 bridgehead atoms. The molecular formula is C22H20N4O5. The molecule has 0 amide bonds. The largest absolute Gasteiger partial charge is 0.497 e. The maximum absolute atomic E-state index is 13.1. The molecule has 0 atom stereocenters. The molecule has 2 aromatic heterocycles. The van der Waals surface area contributed by atoms with E-state index >= 15 is 0 Å². The molecule has 9 nitrogen and oxygen atoms in total. The number of nitrogens with zero attached hydrogens (tertiary/aromatic N) is 4. The highest BCUT2D eigenvalue weighted by Crippen LogP contribution is 2.34. The van der Waals surface area contributed by atoms with Crippen LogP contribution in [0.5, 0.6) is 5.75 Å². The van der Waals surface area contributed by atoms with Gasteiger partial charge in [0, 0.05) is 49.2 Å². The summed E-state index contributed by atoms with van der Waals surface area (Å²) in [7, 11) is 4.55. The summed E-state index contributed by atoms with van der Waals surface area (Å²) in [5.74, 6) is 0.609. The first-order valence-corrected chi connectivity index (χ1v) is 9.45. The Balaban J connectivity index is 2.19. The van der Waals surface area contributed by atoms with Crippen molar-refractivity contribution in [3.8, 4) is 22.7 Å². The van der Waals surface area contributed by atoms with E-state index in [1.165, 1.54) is 17.7 Å². The second-order valence-electron chi connectivity index (χ2n) is 7.27. The van der Waals surface area contributed by atoms with Gasteiger partial charge in [0.15, 0.2) is 0 Å². The van der Waals surface area contributed by atoms with Crippen LogP contribution in [-0.4, -0.2) is 25.7 Å². The molecule has 0 saturated heterocycles. The summed E-state index contributed by atoms with van der Waals surface area (Å²) in [4.78, 5) is 36.7. The predicted molar refractivity (Wildman–Crippen MR) is 117 cm³/mol. The van der Waals surface area contributed by atoms with Crippen LogP contribution in [0, 0.1) is 17.0 Å². The van der Waals surface area contributed by atoms with E-state index in [1.54, 1.807) is 62.2 Å². The van der Waals surface area contributed by atoms with Gasteiger partial charge in [-0.2, -0.15) is 0 Å². The summed E-state index contributed by atoms with van der Waals surface area (Å²) < 4.78 is 9.50. The van der Waals surface area contributed by atoms with Gasteiger partial charge >= 0.3 is 5.69 Å². The molecule has 4 rings (SSSR count). The third-order valence-corrected chi connectivity index (χ3v) is 5.45. The zero-order chi connectivity index (χ0) is 22.4. The molecule has 9 heteroatoms. The average Bonchev–Trinajstić information content (AvgIpc) is 3.17. The SMILES string of the molecule is COc1cccc(-n2cc3c(c2-c2ccc(C)c([N+](=O)[O-])c2)c(=O)n(C)c(=O)n3C)c1. The van der Waals surface area contributed by atoms with Crippen molar-refractivity contribution in [2.24, 2.45) is 14.1 Å². The number of benzene rings is 2. The minimum absolute atomic E-state index is 0.0503. The highest BCUT2D eigenvalue weighted by atomic mass is 16.6. The second-order valence-corrected chi connectivity index (χ2v) is 7.27. The van der Waals surface area contributed by atoms with Crippen molar-refractivity contribution in [1.29, 1.82) is 0 Å². The quantitative estimate of drug-likeness (QED) is 0.373. The van der Waals surface area contributed by atoms with Crippen LogP contribution >= 0.6 is 0 Å². The molecule has 2 aromatic carbocycles. The maximum atomic E-state index is 13.1. The molecule has 0 aliphatic rings. The van der Waals surface area contributed by atoms with E-state index in [0.29, 0.717) is 39.2 Å². The van der Waals surface area contributed by atoms with E-state index in [0.717, 1.165) is 4.57 Å². The monoisotopic (exact) mass is 420 g/mol. The fourth-order valence-electron chi connectivity index (χ4n) is 3.74. The number of ether oxygens (including phenoxy) is 1. The normalized spacial score (nSPS) is 11.1.